The fraction of sp³-hybridized carbons (Fsp3) is 0.312. The summed E-state index contributed by atoms with van der Waals surface area (Å²) in [6, 6.07) is 0. The van der Waals surface area contributed by atoms with Crippen LogP contribution in [0, 0.1) is 0 Å². The number of nitrogens with one attached hydrogen (secondary N) is 1. The van der Waals surface area contributed by atoms with Gasteiger partial charge in [0.05, 0.1) is 29.1 Å². The van der Waals surface area contributed by atoms with Crippen molar-refractivity contribution in [1.82, 2.24) is 4.98 Å². The topological polar surface area (TPSA) is 60.7 Å². The molecule has 184 valence electrons. The van der Waals surface area contributed by atoms with E-state index < -0.39 is 0 Å². The van der Waals surface area contributed by atoms with Crippen molar-refractivity contribution in [3.05, 3.63) is 103 Å². The molecule has 4 heterocycles. The van der Waals surface area contributed by atoms with Crippen molar-refractivity contribution in [1.29, 1.82) is 0 Å². The summed E-state index contributed by atoms with van der Waals surface area (Å²) < 4.78 is 0. The van der Waals surface area contributed by atoms with Crippen LogP contribution < -0.4 is 10.7 Å². The summed E-state index contributed by atoms with van der Waals surface area (Å²) in [5, 5.41) is 12.3. The summed E-state index contributed by atoms with van der Waals surface area (Å²) in [5.41, 5.74) is 14.4. The Morgan fingerprint density at radius 3 is 1.69 bits per heavy atom. The Morgan fingerprint density at radius 2 is 1.22 bits per heavy atom. The predicted octanol–water partition coefficient (Wildman–Crippen LogP) is 6.15. The molecular weight excluding hydrogens is 442 g/mol. The number of aromatic amines is 1. The number of aliphatic imine (C=N–C) groups is 2. The average molecular weight is 478 g/mol. The number of aliphatic hydroxyl groups excluding tert-OH is 1. The van der Waals surface area contributed by atoms with Crippen molar-refractivity contribution in [2.45, 2.75) is 67.2 Å². The van der Waals surface area contributed by atoms with Crippen LogP contribution in [0.4, 0.5) is 0 Å². The van der Waals surface area contributed by atoms with Crippen molar-refractivity contribution in [3.8, 4) is 0 Å². The molecule has 8 bridgehead atoms. The summed E-state index contributed by atoms with van der Waals surface area (Å²) in [6.07, 6.45) is 17.8. The fourth-order valence-corrected chi connectivity index (χ4v) is 5.81. The molecule has 0 amide bonds. The van der Waals surface area contributed by atoms with E-state index >= 15 is 0 Å². The quantitative estimate of drug-likeness (QED) is 0.502. The third kappa shape index (κ3) is 3.85. The molecule has 3 aliphatic heterocycles. The molecule has 1 aromatic rings. The van der Waals surface area contributed by atoms with E-state index in [2.05, 4.69) is 76.9 Å². The molecule has 0 saturated heterocycles. The van der Waals surface area contributed by atoms with Crippen LogP contribution in [0.1, 0.15) is 65.5 Å². The molecule has 2 N–H and O–H groups in total. The Kier molecular flexibility index (Phi) is 6.29. The SMILES string of the molecule is CCC1=C(C)C2=CC3=C/C(=C/O)C(=C3)C=C3N=C(C=c4[nH]c(c(CC)c4CC)=CC1=N2)C(CC)=C3C. The first-order valence-corrected chi connectivity index (χ1v) is 13.1. The van der Waals surface area contributed by atoms with Crippen LogP contribution in [0.2, 0.25) is 0 Å². The summed E-state index contributed by atoms with van der Waals surface area (Å²) in [6.45, 7) is 13.2. The molecule has 5 rings (SSSR count). The van der Waals surface area contributed by atoms with Gasteiger partial charge in [-0.05, 0) is 121 Å². The number of H-pyrrole nitrogens is 1. The van der Waals surface area contributed by atoms with Gasteiger partial charge >= 0.3 is 0 Å². The predicted molar refractivity (Wildman–Crippen MR) is 152 cm³/mol. The molecule has 1 aliphatic carbocycles. The highest BCUT2D eigenvalue weighted by atomic mass is 16.2. The molecule has 4 heteroatoms. The molecule has 0 atom stereocenters. The van der Waals surface area contributed by atoms with E-state index in [4.69, 9.17) is 9.98 Å². The number of allylic oxidation sites excluding steroid dienone is 11. The number of aromatic nitrogens is 1. The van der Waals surface area contributed by atoms with Gasteiger partial charge < -0.3 is 10.1 Å². The van der Waals surface area contributed by atoms with Crippen molar-refractivity contribution >= 4 is 23.6 Å². The number of rotatable bonds is 4. The van der Waals surface area contributed by atoms with Crippen LogP contribution >= 0.6 is 0 Å². The van der Waals surface area contributed by atoms with Crippen molar-refractivity contribution in [3.63, 3.8) is 0 Å². The molecule has 0 spiro atoms. The number of hydrogen-bond acceptors (Lipinski definition) is 3. The zero-order valence-corrected chi connectivity index (χ0v) is 22.2. The minimum absolute atomic E-state index is 0.790. The Balaban J connectivity index is 1.86. The first-order valence-electron chi connectivity index (χ1n) is 13.1. The summed E-state index contributed by atoms with van der Waals surface area (Å²) in [5.74, 6) is 0. The van der Waals surface area contributed by atoms with Crippen molar-refractivity contribution in [2.24, 2.45) is 9.98 Å². The molecule has 0 saturated carbocycles. The zero-order chi connectivity index (χ0) is 25.6. The first kappa shape index (κ1) is 24.1. The number of fused-ring (bicyclic) bond motifs is 5. The van der Waals surface area contributed by atoms with Crippen LogP contribution in [-0.2, 0) is 12.8 Å². The normalized spacial score (nSPS) is 20.1. The zero-order valence-electron chi connectivity index (χ0n) is 22.2. The third-order valence-electron chi connectivity index (χ3n) is 7.75. The second-order valence-corrected chi connectivity index (χ2v) is 9.70. The molecular formula is C32H35N3O. The average Bonchev–Trinajstić information content (AvgIpc) is 3.57. The Morgan fingerprint density at radius 1 is 0.694 bits per heavy atom. The van der Waals surface area contributed by atoms with Crippen molar-refractivity contribution < 1.29 is 5.11 Å². The van der Waals surface area contributed by atoms with Gasteiger partial charge in [-0.3, -0.25) is 0 Å². The van der Waals surface area contributed by atoms with Crippen LogP contribution in [0.25, 0.3) is 12.2 Å². The maximum Gasteiger partial charge on any atom is 0.0870 e. The van der Waals surface area contributed by atoms with Crippen LogP contribution in [0.5, 0.6) is 0 Å². The lowest BCUT2D eigenvalue weighted by Crippen LogP contribution is -2.16. The molecule has 0 fully saturated rings. The molecule has 0 radical (unpaired) electrons. The Hall–Kier alpha value is -3.66. The Labute approximate surface area is 213 Å². The van der Waals surface area contributed by atoms with Gasteiger partial charge in [0.25, 0.3) is 0 Å². The minimum atomic E-state index is 0.790. The van der Waals surface area contributed by atoms with Gasteiger partial charge in [0.1, 0.15) is 0 Å². The lowest BCUT2D eigenvalue weighted by molar-refractivity contribution is 0.470. The van der Waals surface area contributed by atoms with E-state index in [1.165, 1.54) is 39.7 Å². The highest BCUT2D eigenvalue weighted by Gasteiger charge is 2.23. The van der Waals surface area contributed by atoms with Gasteiger partial charge in [0.15, 0.2) is 0 Å². The largest absolute Gasteiger partial charge is 0.515 e. The van der Waals surface area contributed by atoms with Crippen LogP contribution in [0.15, 0.2) is 91.0 Å². The van der Waals surface area contributed by atoms with E-state index in [-0.39, 0.29) is 0 Å². The third-order valence-corrected chi connectivity index (χ3v) is 7.75. The first-order chi connectivity index (χ1) is 17.4. The second-order valence-electron chi connectivity index (χ2n) is 9.70. The molecule has 0 unspecified atom stereocenters. The summed E-state index contributed by atoms with van der Waals surface area (Å²) in [7, 11) is 0. The highest BCUT2D eigenvalue weighted by molar-refractivity contribution is 6.24. The van der Waals surface area contributed by atoms with Gasteiger partial charge in [-0.15, -0.1) is 0 Å². The molecule has 1 aromatic heterocycles. The van der Waals surface area contributed by atoms with E-state index in [9.17, 15) is 5.11 Å². The molecule has 36 heavy (non-hydrogen) atoms. The Bertz CT molecular complexity index is 1570. The van der Waals surface area contributed by atoms with Gasteiger partial charge in [-0.25, -0.2) is 9.98 Å². The number of aliphatic hydroxyl groups is 1. The van der Waals surface area contributed by atoms with Gasteiger partial charge in [-0.1, -0.05) is 27.7 Å². The molecule has 0 aromatic carbocycles. The van der Waals surface area contributed by atoms with Gasteiger partial charge in [-0.2, -0.15) is 0 Å². The lowest BCUT2D eigenvalue weighted by atomic mass is 10.00. The highest BCUT2D eigenvalue weighted by Crippen LogP contribution is 2.35. The maximum absolute atomic E-state index is 9.97. The minimum Gasteiger partial charge on any atom is -0.515 e. The van der Waals surface area contributed by atoms with Gasteiger partial charge in [0, 0.05) is 16.3 Å². The van der Waals surface area contributed by atoms with Crippen LogP contribution in [-0.4, -0.2) is 21.5 Å². The van der Waals surface area contributed by atoms with E-state index in [0.717, 1.165) is 75.9 Å². The van der Waals surface area contributed by atoms with Crippen molar-refractivity contribution in [2.75, 3.05) is 0 Å². The number of hydrogen-bond donors (Lipinski definition) is 2. The summed E-state index contributed by atoms with van der Waals surface area (Å²) >= 11 is 0. The van der Waals surface area contributed by atoms with E-state index in [1.807, 2.05) is 6.08 Å². The maximum atomic E-state index is 9.97. The standard InChI is InChI=1S/C32H35N3O/c1-7-23-18(5)27-13-20-11-21(22(12-20)17-36)14-28-19(6)24(8-2)30(34-28)16-32-26(10-4)25(9-3)31(35-32)15-29(23)33-27/h11-17,35-36H,7-10H2,1-6H3/b22-17-,27-13?,28-14?,31-15?,32-16?. The number of nitrogens with zero attached hydrogens (tertiary/aromatic N) is 2. The smallest absolute Gasteiger partial charge is 0.0870 e. The molecule has 4 nitrogen and oxygen atoms in total. The molecule has 4 aliphatic rings. The van der Waals surface area contributed by atoms with Crippen LogP contribution in [0.3, 0.4) is 0 Å². The summed E-state index contributed by atoms with van der Waals surface area (Å²) in [4.78, 5) is 13.9. The monoisotopic (exact) mass is 477 g/mol. The van der Waals surface area contributed by atoms with E-state index in [1.54, 1.807) is 0 Å². The fourth-order valence-electron chi connectivity index (χ4n) is 5.81. The van der Waals surface area contributed by atoms with E-state index in [0.29, 0.717) is 0 Å². The van der Waals surface area contributed by atoms with Gasteiger partial charge in [0.2, 0.25) is 0 Å². The lowest BCUT2D eigenvalue weighted by Gasteiger charge is -2.02. The second kappa shape index (κ2) is 9.42.